The summed E-state index contributed by atoms with van der Waals surface area (Å²) in [5, 5.41) is 0. The molecule has 0 unspecified atom stereocenters. The van der Waals surface area contributed by atoms with Crippen LogP contribution in [0.2, 0.25) is 6.04 Å². The standard InChI is InChI=1S/C19H33NSi/c1-20(2,18-19-14-10-9-11-15-19)16-12-7-5-3-4-6-8-13-17-21/h9-11,14-15H,3-8,12-13,16-18H2,1-2H3/q+1. The summed E-state index contributed by atoms with van der Waals surface area (Å²) < 4.78 is 1.11. The minimum Gasteiger partial charge on any atom is -0.325 e. The third kappa shape index (κ3) is 9.86. The van der Waals surface area contributed by atoms with Crippen LogP contribution in [0.25, 0.3) is 0 Å². The second-order valence-corrected chi connectivity index (χ2v) is 7.38. The van der Waals surface area contributed by atoms with Crippen molar-refractivity contribution in [2.45, 2.75) is 64.0 Å². The summed E-state index contributed by atoms with van der Waals surface area (Å²) in [5.41, 5.74) is 1.45. The molecule has 1 aromatic carbocycles. The topological polar surface area (TPSA) is 0 Å². The van der Waals surface area contributed by atoms with E-state index in [0.717, 1.165) is 17.1 Å². The fourth-order valence-electron chi connectivity index (χ4n) is 2.88. The minimum absolute atomic E-state index is 1.11. The van der Waals surface area contributed by atoms with Crippen molar-refractivity contribution < 1.29 is 4.48 Å². The van der Waals surface area contributed by atoms with Gasteiger partial charge in [0.05, 0.1) is 20.6 Å². The van der Waals surface area contributed by atoms with Gasteiger partial charge in [-0.1, -0.05) is 74.9 Å². The Labute approximate surface area is 135 Å². The highest BCUT2D eigenvalue weighted by Gasteiger charge is 2.14. The molecule has 0 heterocycles. The Morgan fingerprint density at radius 3 is 1.86 bits per heavy atom. The Morgan fingerprint density at radius 1 is 0.762 bits per heavy atom. The summed E-state index contributed by atoms with van der Waals surface area (Å²) in [7, 11) is 8.25. The van der Waals surface area contributed by atoms with E-state index in [9.17, 15) is 0 Å². The lowest BCUT2D eigenvalue weighted by Crippen LogP contribution is -2.39. The van der Waals surface area contributed by atoms with Crippen molar-refractivity contribution in [2.24, 2.45) is 0 Å². The summed E-state index contributed by atoms with van der Waals surface area (Å²) in [6, 6.07) is 12.0. The van der Waals surface area contributed by atoms with Gasteiger partial charge in [0.1, 0.15) is 6.54 Å². The highest BCUT2D eigenvalue weighted by Crippen LogP contribution is 2.13. The van der Waals surface area contributed by atoms with Crippen LogP contribution in [0.3, 0.4) is 0 Å². The number of benzene rings is 1. The van der Waals surface area contributed by atoms with Crippen LogP contribution in [0.5, 0.6) is 0 Å². The van der Waals surface area contributed by atoms with Crippen LogP contribution in [0.1, 0.15) is 56.9 Å². The zero-order valence-electron chi connectivity index (χ0n) is 14.1. The fraction of sp³-hybridized carbons (Fsp3) is 0.684. The summed E-state index contributed by atoms with van der Waals surface area (Å²) in [6.07, 6.45) is 11.2. The highest BCUT2D eigenvalue weighted by atomic mass is 28.1. The first kappa shape index (κ1) is 18.4. The molecule has 21 heavy (non-hydrogen) atoms. The van der Waals surface area contributed by atoms with Crippen LogP contribution in [-0.4, -0.2) is 35.4 Å². The Hall–Kier alpha value is -0.603. The lowest BCUT2D eigenvalue weighted by molar-refractivity contribution is -0.903. The molecule has 0 amide bonds. The van der Waals surface area contributed by atoms with Gasteiger partial charge in [-0.05, 0) is 12.8 Å². The first-order valence-corrected chi connectivity index (χ1v) is 9.35. The van der Waals surface area contributed by atoms with Gasteiger partial charge in [0.2, 0.25) is 0 Å². The molecule has 0 aliphatic heterocycles. The molecule has 117 valence electrons. The molecule has 0 atom stereocenters. The first-order chi connectivity index (χ1) is 10.1. The molecule has 0 aliphatic rings. The average molecular weight is 304 g/mol. The molecule has 0 bridgehead atoms. The Morgan fingerprint density at radius 2 is 1.29 bits per heavy atom. The number of nitrogens with zero attached hydrogens (tertiary/aromatic N) is 1. The second-order valence-electron chi connectivity index (χ2n) is 6.88. The molecule has 1 aromatic rings. The maximum atomic E-state index is 3.54. The molecular weight excluding hydrogens is 270 g/mol. The average Bonchev–Trinajstić information content (AvgIpc) is 2.46. The molecule has 1 nitrogen and oxygen atoms in total. The number of hydrogen-bond donors (Lipinski definition) is 0. The van der Waals surface area contributed by atoms with Crippen molar-refractivity contribution in [3.05, 3.63) is 35.9 Å². The van der Waals surface area contributed by atoms with Gasteiger partial charge in [-0.3, -0.25) is 0 Å². The van der Waals surface area contributed by atoms with Gasteiger partial charge in [-0.15, -0.1) is 0 Å². The van der Waals surface area contributed by atoms with E-state index in [-0.39, 0.29) is 0 Å². The zero-order valence-corrected chi connectivity index (χ0v) is 15.1. The molecule has 3 radical (unpaired) electrons. The quantitative estimate of drug-likeness (QED) is 0.290. The van der Waals surface area contributed by atoms with E-state index in [2.05, 4.69) is 54.7 Å². The van der Waals surface area contributed by atoms with E-state index in [0.29, 0.717) is 0 Å². The molecule has 0 aliphatic carbocycles. The van der Waals surface area contributed by atoms with Crippen LogP contribution < -0.4 is 0 Å². The Balaban J connectivity index is 2.03. The third-order valence-electron chi connectivity index (χ3n) is 4.14. The number of quaternary nitrogens is 1. The van der Waals surface area contributed by atoms with Crippen LogP contribution in [0.15, 0.2) is 30.3 Å². The predicted molar refractivity (Wildman–Crippen MR) is 94.6 cm³/mol. The molecule has 0 N–H and O–H groups in total. The van der Waals surface area contributed by atoms with Gasteiger partial charge >= 0.3 is 0 Å². The lowest BCUT2D eigenvalue weighted by Gasteiger charge is -2.30. The maximum Gasteiger partial charge on any atom is 0.104 e. The minimum atomic E-state index is 1.11. The second kappa shape index (κ2) is 11.0. The van der Waals surface area contributed by atoms with E-state index in [1.807, 2.05) is 0 Å². The normalized spacial score (nSPS) is 11.8. The van der Waals surface area contributed by atoms with Crippen molar-refractivity contribution in [3.8, 4) is 0 Å². The lowest BCUT2D eigenvalue weighted by atomic mass is 10.1. The largest absolute Gasteiger partial charge is 0.325 e. The Bertz CT molecular complexity index is 348. The van der Waals surface area contributed by atoms with Crippen LogP contribution in [0, 0.1) is 0 Å². The fourth-order valence-corrected chi connectivity index (χ4v) is 3.13. The van der Waals surface area contributed by atoms with Crippen molar-refractivity contribution in [1.82, 2.24) is 0 Å². The van der Waals surface area contributed by atoms with Crippen molar-refractivity contribution in [2.75, 3.05) is 20.6 Å². The van der Waals surface area contributed by atoms with E-state index in [4.69, 9.17) is 0 Å². The molecule has 0 spiro atoms. The van der Waals surface area contributed by atoms with Gasteiger partial charge in [-0.25, -0.2) is 0 Å². The number of unbranched alkanes of at least 4 members (excludes halogenated alkanes) is 7. The predicted octanol–water partition coefficient (Wildman–Crippen LogP) is 4.97. The Kier molecular flexibility index (Phi) is 9.69. The summed E-state index contributed by atoms with van der Waals surface area (Å²) in [4.78, 5) is 0. The van der Waals surface area contributed by atoms with Crippen LogP contribution >= 0.6 is 0 Å². The van der Waals surface area contributed by atoms with E-state index < -0.39 is 0 Å². The SMILES string of the molecule is C[N+](C)(CCCCCCCCCC[Si])Cc1ccccc1. The summed E-state index contributed by atoms with van der Waals surface area (Å²) in [6.45, 7) is 2.44. The first-order valence-electron chi connectivity index (χ1n) is 8.64. The van der Waals surface area contributed by atoms with Gasteiger partial charge in [0, 0.05) is 15.8 Å². The van der Waals surface area contributed by atoms with Crippen LogP contribution in [0.4, 0.5) is 0 Å². The van der Waals surface area contributed by atoms with Crippen molar-refractivity contribution in [3.63, 3.8) is 0 Å². The van der Waals surface area contributed by atoms with E-state index >= 15 is 0 Å². The molecule has 0 aromatic heterocycles. The highest BCUT2D eigenvalue weighted by molar-refractivity contribution is 6.08. The molecule has 0 saturated carbocycles. The summed E-state index contributed by atoms with van der Waals surface area (Å²) in [5.74, 6) is 0. The van der Waals surface area contributed by atoms with E-state index in [1.165, 1.54) is 63.5 Å². The van der Waals surface area contributed by atoms with Gasteiger partial charge < -0.3 is 4.48 Å². The van der Waals surface area contributed by atoms with Crippen molar-refractivity contribution >= 4 is 10.2 Å². The molecule has 2 heteroatoms. The maximum absolute atomic E-state index is 3.54. The van der Waals surface area contributed by atoms with Crippen LogP contribution in [-0.2, 0) is 6.54 Å². The smallest absolute Gasteiger partial charge is 0.104 e. The third-order valence-corrected chi connectivity index (χ3v) is 4.50. The monoisotopic (exact) mass is 303 g/mol. The van der Waals surface area contributed by atoms with Crippen molar-refractivity contribution in [1.29, 1.82) is 0 Å². The molecular formula is C19H33NSi+. The summed E-state index contributed by atoms with van der Waals surface area (Å²) >= 11 is 0. The zero-order chi connectivity index (χ0) is 15.4. The van der Waals surface area contributed by atoms with Gasteiger partial charge in [-0.2, -0.15) is 0 Å². The van der Waals surface area contributed by atoms with E-state index in [1.54, 1.807) is 0 Å². The molecule has 0 saturated heterocycles. The number of hydrogen-bond acceptors (Lipinski definition) is 0. The molecule has 0 fully saturated rings. The molecule has 1 rings (SSSR count). The van der Waals surface area contributed by atoms with Gasteiger partial charge in [0.15, 0.2) is 0 Å². The van der Waals surface area contributed by atoms with Gasteiger partial charge in [0.25, 0.3) is 0 Å². The number of rotatable bonds is 12.